The fraction of sp³-hybridized carbons (Fsp3) is 0.308. The van der Waals surface area contributed by atoms with Gasteiger partial charge in [-0.3, -0.25) is 9.78 Å². The van der Waals surface area contributed by atoms with Gasteiger partial charge in [0.15, 0.2) is 0 Å². The van der Waals surface area contributed by atoms with Gasteiger partial charge in [-0.2, -0.15) is 0 Å². The maximum absolute atomic E-state index is 12.1. The molecule has 1 heterocycles. The minimum atomic E-state index is -0.166. The Labute approximate surface area is 184 Å². The molecule has 0 aliphatic carbocycles. The molecule has 2 N–H and O–H groups in total. The van der Waals surface area contributed by atoms with Gasteiger partial charge in [-0.15, -0.1) is 0 Å². The highest BCUT2D eigenvalue weighted by Gasteiger charge is 2.17. The molecule has 0 spiro atoms. The molecule has 0 amide bonds. The number of carbonyl (C=O) groups excluding carboxylic acids is 1. The van der Waals surface area contributed by atoms with E-state index in [1.54, 1.807) is 6.20 Å². The topological polar surface area (TPSA) is 74.4 Å². The average Bonchev–Trinajstić information content (AvgIpc) is 2.81. The van der Waals surface area contributed by atoms with Gasteiger partial charge in [0.2, 0.25) is 0 Å². The lowest BCUT2D eigenvalue weighted by atomic mass is 9.89. The molecule has 0 aliphatic rings. The van der Waals surface area contributed by atoms with Crippen molar-refractivity contribution in [3.05, 3.63) is 95.8 Å². The van der Waals surface area contributed by atoms with Crippen LogP contribution in [0.4, 0.5) is 0 Å². The van der Waals surface area contributed by atoms with E-state index in [2.05, 4.69) is 29.2 Å². The Hall–Kier alpha value is -3.18. The fourth-order valence-electron chi connectivity index (χ4n) is 3.51. The van der Waals surface area contributed by atoms with Gasteiger partial charge in [0.1, 0.15) is 5.75 Å². The Balaban J connectivity index is 1.55. The third kappa shape index (κ3) is 7.23. The number of hydrogen-bond donors (Lipinski definition) is 1. The first-order valence-electron chi connectivity index (χ1n) is 10.7. The largest absolute Gasteiger partial charge is 0.494 e. The molecular formula is C26H30N2O3. The first-order valence-corrected chi connectivity index (χ1v) is 10.7. The van der Waals surface area contributed by atoms with Gasteiger partial charge in [0.05, 0.1) is 31.4 Å². The van der Waals surface area contributed by atoms with Crippen molar-refractivity contribution in [1.29, 1.82) is 0 Å². The van der Waals surface area contributed by atoms with Crippen LogP contribution in [-0.2, 0) is 16.0 Å². The number of ether oxygens (including phenoxy) is 2. The molecule has 2 aromatic carbocycles. The van der Waals surface area contributed by atoms with Crippen LogP contribution in [0.25, 0.3) is 0 Å². The Morgan fingerprint density at radius 1 is 1.00 bits per heavy atom. The molecule has 3 rings (SSSR count). The molecule has 0 aliphatic heterocycles. The van der Waals surface area contributed by atoms with Gasteiger partial charge in [-0.05, 0) is 54.7 Å². The van der Waals surface area contributed by atoms with E-state index < -0.39 is 0 Å². The summed E-state index contributed by atoms with van der Waals surface area (Å²) in [5.41, 5.74) is 9.33. The third-order valence-corrected chi connectivity index (χ3v) is 5.16. The van der Waals surface area contributed by atoms with Gasteiger partial charge in [0.25, 0.3) is 0 Å². The highest BCUT2D eigenvalue weighted by Crippen LogP contribution is 2.26. The van der Waals surface area contributed by atoms with Crippen molar-refractivity contribution in [3.8, 4) is 5.75 Å². The molecule has 0 saturated carbocycles. The van der Waals surface area contributed by atoms with Gasteiger partial charge < -0.3 is 15.2 Å². The van der Waals surface area contributed by atoms with E-state index in [0.717, 1.165) is 29.0 Å². The Morgan fingerprint density at radius 3 is 2.42 bits per heavy atom. The minimum absolute atomic E-state index is 0.0726. The van der Waals surface area contributed by atoms with Crippen molar-refractivity contribution in [2.24, 2.45) is 5.73 Å². The average molecular weight is 419 g/mol. The van der Waals surface area contributed by atoms with E-state index in [1.807, 2.05) is 55.5 Å². The number of pyridine rings is 1. The zero-order valence-corrected chi connectivity index (χ0v) is 17.9. The van der Waals surface area contributed by atoms with Crippen molar-refractivity contribution in [1.82, 2.24) is 4.98 Å². The minimum Gasteiger partial charge on any atom is -0.494 e. The van der Waals surface area contributed by atoms with Crippen LogP contribution in [0.15, 0.2) is 79.0 Å². The number of aromatic nitrogens is 1. The lowest BCUT2D eigenvalue weighted by molar-refractivity contribution is -0.143. The Morgan fingerprint density at radius 2 is 1.74 bits per heavy atom. The van der Waals surface area contributed by atoms with E-state index in [4.69, 9.17) is 15.2 Å². The van der Waals surface area contributed by atoms with Crippen molar-refractivity contribution >= 4 is 5.97 Å². The molecule has 0 saturated heterocycles. The third-order valence-electron chi connectivity index (χ3n) is 5.16. The molecule has 1 aromatic heterocycles. The van der Waals surface area contributed by atoms with Crippen LogP contribution in [0.3, 0.4) is 0 Å². The van der Waals surface area contributed by atoms with Crippen molar-refractivity contribution in [3.63, 3.8) is 0 Å². The van der Waals surface area contributed by atoms with E-state index in [-0.39, 0.29) is 17.9 Å². The predicted octanol–water partition coefficient (Wildman–Crippen LogP) is 4.83. The summed E-state index contributed by atoms with van der Waals surface area (Å²) in [5, 5.41) is 0. The second-order valence-electron chi connectivity index (χ2n) is 7.46. The number of nitrogens with two attached hydrogens (primary N) is 1. The fourth-order valence-corrected chi connectivity index (χ4v) is 3.51. The van der Waals surface area contributed by atoms with Crippen LogP contribution in [0.1, 0.15) is 48.5 Å². The van der Waals surface area contributed by atoms with Crippen LogP contribution >= 0.6 is 0 Å². The number of hydrogen-bond acceptors (Lipinski definition) is 5. The lowest BCUT2D eigenvalue weighted by Crippen LogP contribution is -2.15. The summed E-state index contributed by atoms with van der Waals surface area (Å²) in [5.74, 6) is 0.711. The van der Waals surface area contributed by atoms with E-state index in [1.165, 1.54) is 0 Å². The number of nitrogens with zero attached hydrogens (tertiary/aromatic N) is 1. The number of benzene rings is 2. The zero-order valence-electron chi connectivity index (χ0n) is 17.9. The SMILES string of the molecule is CCOC(=O)CC(Cc1ccc(OCCC(N)c2ccccn2)cc1)c1ccccc1. The first-order chi connectivity index (χ1) is 15.2. The zero-order chi connectivity index (χ0) is 21.9. The molecule has 5 heteroatoms. The molecule has 0 radical (unpaired) electrons. The maximum Gasteiger partial charge on any atom is 0.306 e. The number of rotatable bonds is 11. The van der Waals surface area contributed by atoms with Crippen molar-refractivity contribution < 1.29 is 14.3 Å². The van der Waals surface area contributed by atoms with Crippen LogP contribution < -0.4 is 10.5 Å². The molecule has 5 nitrogen and oxygen atoms in total. The predicted molar refractivity (Wildman–Crippen MR) is 122 cm³/mol. The molecular weight excluding hydrogens is 388 g/mol. The van der Waals surface area contributed by atoms with E-state index in [9.17, 15) is 4.79 Å². The summed E-state index contributed by atoms with van der Waals surface area (Å²) in [6.07, 6.45) is 3.56. The molecule has 162 valence electrons. The van der Waals surface area contributed by atoms with Crippen LogP contribution in [0.5, 0.6) is 5.75 Å². The Kier molecular flexibility index (Phi) is 8.61. The van der Waals surface area contributed by atoms with Gasteiger partial charge in [0, 0.05) is 12.6 Å². The van der Waals surface area contributed by atoms with E-state index in [0.29, 0.717) is 26.1 Å². The standard InChI is InChI=1S/C26H30N2O3/c1-2-30-26(29)19-22(21-8-4-3-5-9-21)18-20-11-13-23(14-12-20)31-17-15-24(27)25-10-6-7-16-28-25/h3-14,16,22,24H,2,15,17-19,27H2,1H3. The normalized spacial score (nSPS) is 12.7. The summed E-state index contributed by atoms with van der Waals surface area (Å²) >= 11 is 0. The van der Waals surface area contributed by atoms with Gasteiger partial charge in [-0.1, -0.05) is 48.5 Å². The second kappa shape index (κ2) is 11.9. The molecule has 0 bridgehead atoms. The lowest BCUT2D eigenvalue weighted by Gasteiger charge is -2.17. The molecule has 31 heavy (non-hydrogen) atoms. The molecule has 0 fully saturated rings. The first kappa shape index (κ1) is 22.5. The summed E-state index contributed by atoms with van der Waals surface area (Å²) < 4.78 is 11.0. The highest BCUT2D eigenvalue weighted by molar-refractivity contribution is 5.70. The summed E-state index contributed by atoms with van der Waals surface area (Å²) in [4.78, 5) is 16.4. The maximum atomic E-state index is 12.1. The molecule has 2 atom stereocenters. The molecule has 2 unspecified atom stereocenters. The van der Waals surface area contributed by atoms with Crippen molar-refractivity contribution in [2.75, 3.05) is 13.2 Å². The number of esters is 1. The van der Waals surface area contributed by atoms with Gasteiger partial charge >= 0.3 is 5.97 Å². The van der Waals surface area contributed by atoms with Crippen LogP contribution in [0.2, 0.25) is 0 Å². The van der Waals surface area contributed by atoms with E-state index >= 15 is 0 Å². The summed E-state index contributed by atoms with van der Waals surface area (Å²) in [7, 11) is 0. The number of carbonyl (C=O) groups is 1. The Bertz CT molecular complexity index is 914. The van der Waals surface area contributed by atoms with Crippen LogP contribution in [0, 0.1) is 0 Å². The smallest absolute Gasteiger partial charge is 0.306 e. The summed E-state index contributed by atoms with van der Waals surface area (Å²) in [6.45, 7) is 2.75. The van der Waals surface area contributed by atoms with Gasteiger partial charge in [-0.25, -0.2) is 0 Å². The second-order valence-corrected chi connectivity index (χ2v) is 7.46. The van der Waals surface area contributed by atoms with Crippen LogP contribution in [-0.4, -0.2) is 24.2 Å². The quantitative estimate of drug-likeness (QED) is 0.452. The monoisotopic (exact) mass is 418 g/mol. The highest BCUT2D eigenvalue weighted by atomic mass is 16.5. The summed E-state index contributed by atoms with van der Waals surface area (Å²) in [6, 6.07) is 23.7. The van der Waals surface area contributed by atoms with Crippen molar-refractivity contribution in [2.45, 2.75) is 38.1 Å². The molecule has 3 aromatic rings.